The van der Waals surface area contributed by atoms with Gasteiger partial charge in [-0.2, -0.15) is 0 Å². The van der Waals surface area contributed by atoms with E-state index in [2.05, 4.69) is 36.1 Å². The van der Waals surface area contributed by atoms with Gasteiger partial charge in [0.2, 0.25) is 0 Å². The van der Waals surface area contributed by atoms with E-state index in [-0.39, 0.29) is 0 Å². The number of hydrogen-bond acceptors (Lipinski definition) is 3. The van der Waals surface area contributed by atoms with Gasteiger partial charge in [0, 0.05) is 12.7 Å². The normalized spacial score (nSPS) is 11.4. The summed E-state index contributed by atoms with van der Waals surface area (Å²) in [5.41, 5.74) is 0.370. The zero-order valence-corrected chi connectivity index (χ0v) is 9.46. The quantitative estimate of drug-likeness (QED) is 0.802. The summed E-state index contributed by atoms with van der Waals surface area (Å²) in [6.45, 7) is 9.56. The lowest BCUT2D eigenvalue weighted by Gasteiger charge is -2.18. The van der Waals surface area contributed by atoms with Crippen molar-refractivity contribution < 1.29 is 0 Å². The fourth-order valence-electron chi connectivity index (χ4n) is 1.12. The highest BCUT2D eigenvalue weighted by molar-refractivity contribution is 5.32. The smallest absolute Gasteiger partial charge is 0.129 e. The van der Waals surface area contributed by atoms with Gasteiger partial charge in [-0.3, -0.25) is 0 Å². The molecule has 0 amide bonds. The molecule has 0 unspecified atom stereocenters. The molecular weight excluding hydrogens is 174 g/mol. The molecule has 0 saturated carbocycles. The van der Waals surface area contributed by atoms with Gasteiger partial charge < -0.3 is 5.32 Å². The monoisotopic (exact) mass is 193 g/mol. The Hall–Kier alpha value is -1.12. The molecule has 0 radical (unpaired) electrons. The Morgan fingerprint density at radius 1 is 1.36 bits per heavy atom. The first-order chi connectivity index (χ1) is 6.47. The number of aryl methyl sites for hydroxylation is 1. The lowest BCUT2D eigenvalue weighted by Crippen LogP contribution is -2.13. The molecule has 1 aromatic rings. The average molecular weight is 193 g/mol. The van der Waals surface area contributed by atoms with Crippen LogP contribution >= 0.6 is 0 Å². The maximum atomic E-state index is 4.27. The molecule has 0 aromatic carbocycles. The van der Waals surface area contributed by atoms with Crippen LogP contribution in [0.5, 0.6) is 0 Å². The Kier molecular flexibility index (Phi) is 3.44. The molecule has 3 heteroatoms. The van der Waals surface area contributed by atoms with Gasteiger partial charge in [-0.1, -0.05) is 20.8 Å². The molecule has 0 aliphatic carbocycles. The molecule has 1 aromatic heterocycles. The van der Waals surface area contributed by atoms with Gasteiger partial charge in [0.25, 0.3) is 0 Å². The number of rotatable bonds is 3. The highest BCUT2D eigenvalue weighted by Gasteiger charge is 2.08. The fourth-order valence-corrected chi connectivity index (χ4v) is 1.12. The van der Waals surface area contributed by atoms with Crippen molar-refractivity contribution >= 4 is 5.82 Å². The molecule has 14 heavy (non-hydrogen) atoms. The number of anilines is 1. The Bertz CT molecular complexity index is 289. The molecule has 0 bridgehead atoms. The molecule has 78 valence electrons. The van der Waals surface area contributed by atoms with Crippen molar-refractivity contribution in [1.29, 1.82) is 0 Å². The summed E-state index contributed by atoms with van der Waals surface area (Å²) in [5.74, 6) is 1.73. The lowest BCUT2D eigenvalue weighted by molar-refractivity contribution is 0.389. The van der Waals surface area contributed by atoms with E-state index in [1.807, 2.05) is 13.0 Å². The first-order valence-corrected chi connectivity index (χ1v) is 5.01. The maximum absolute atomic E-state index is 4.27. The fraction of sp³-hybridized carbons (Fsp3) is 0.636. The van der Waals surface area contributed by atoms with Crippen molar-refractivity contribution in [2.24, 2.45) is 5.41 Å². The van der Waals surface area contributed by atoms with Gasteiger partial charge in [0.1, 0.15) is 11.6 Å². The van der Waals surface area contributed by atoms with E-state index >= 15 is 0 Å². The van der Waals surface area contributed by atoms with Gasteiger partial charge in [0.15, 0.2) is 0 Å². The summed E-state index contributed by atoms with van der Waals surface area (Å²) in [4.78, 5) is 8.32. The second-order valence-electron chi connectivity index (χ2n) is 4.73. The Morgan fingerprint density at radius 2 is 2.07 bits per heavy atom. The van der Waals surface area contributed by atoms with Crippen molar-refractivity contribution in [2.75, 3.05) is 11.9 Å². The van der Waals surface area contributed by atoms with E-state index in [4.69, 9.17) is 0 Å². The van der Waals surface area contributed by atoms with Crippen LogP contribution in [-0.4, -0.2) is 16.5 Å². The van der Waals surface area contributed by atoms with Gasteiger partial charge in [-0.25, -0.2) is 9.97 Å². The first-order valence-electron chi connectivity index (χ1n) is 5.01. The second-order valence-corrected chi connectivity index (χ2v) is 4.73. The van der Waals surface area contributed by atoms with Crippen LogP contribution < -0.4 is 5.32 Å². The minimum absolute atomic E-state index is 0.370. The summed E-state index contributed by atoms with van der Waals surface area (Å²) in [6.07, 6.45) is 2.91. The highest BCUT2D eigenvalue weighted by Crippen LogP contribution is 2.17. The molecular formula is C11H19N3. The van der Waals surface area contributed by atoms with Crippen molar-refractivity contribution in [3.63, 3.8) is 0 Å². The van der Waals surface area contributed by atoms with E-state index < -0.39 is 0 Å². The molecule has 1 N–H and O–H groups in total. The molecule has 0 aliphatic rings. The minimum atomic E-state index is 0.370. The molecule has 1 heterocycles. The van der Waals surface area contributed by atoms with E-state index in [1.165, 1.54) is 0 Å². The second kappa shape index (κ2) is 4.40. The number of aromatic nitrogens is 2. The van der Waals surface area contributed by atoms with Gasteiger partial charge >= 0.3 is 0 Å². The summed E-state index contributed by atoms with van der Waals surface area (Å²) in [5, 5.41) is 3.29. The Morgan fingerprint density at radius 3 is 2.64 bits per heavy atom. The minimum Gasteiger partial charge on any atom is -0.370 e. The van der Waals surface area contributed by atoms with Crippen molar-refractivity contribution in [1.82, 2.24) is 9.97 Å². The predicted molar refractivity (Wildman–Crippen MR) is 59.3 cm³/mol. The van der Waals surface area contributed by atoms with Gasteiger partial charge in [-0.05, 0) is 24.8 Å². The van der Waals surface area contributed by atoms with E-state index in [1.54, 1.807) is 6.20 Å². The average Bonchev–Trinajstić information content (AvgIpc) is 2.01. The van der Waals surface area contributed by atoms with Crippen LogP contribution in [0.4, 0.5) is 5.82 Å². The van der Waals surface area contributed by atoms with E-state index in [0.717, 1.165) is 24.6 Å². The van der Waals surface area contributed by atoms with Crippen LogP contribution in [0.3, 0.4) is 0 Å². The summed E-state index contributed by atoms with van der Waals surface area (Å²) in [7, 11) is 0. The van der Waals surface area contributed by atoms with Crippen LogP contribution in [0.15, 0.2) is 12.3 Å². The molecule has 0 spiro atoms. The summed E-state index contributed by atoms with van der Waals surface area (Å²) >= 11 is 0. The molecule has 0 saturated heterocycles. The van der Waals surface area contributed by atoms with Crippen LogP contribution in [0.1, 0.15) is 33.0 Å². The standard InChI is InChI=1S/C11H19N3/c1-9-12-7-5-10(14-9)13-8-6-11(2,3)4/h5,7H,6,8H2,1-4H3,(H,12,13,14). The molecule has 0 atom stereocenters. The summed E-state index contributed by atoms with van der Waals surface area (Å²) < 4.78 is 0. The Balaban J connectivity index is 2.39. The Labute approximate surface area is 86.0 Å². The van der Waals surface area contributed by atoms with Crippen LogP contribution in [0.25, 0.3) is 0 Å². The third-order valence-corrected chi connectivity index (χ3v) is 1.96. The van der Waals surface area contributed by atoms with Crippen LogP contribution in [0, 0.1) is 12.3 Å². The number of nitrogens with zero attached hydrogens (tertiary/aromatic N) is 2. The molecule has 3 nitrogen and oxygen atoms in total. The third kappa shape index (κ3) is 4.21. The zero-order chi connectivity index (χ0) is 10.6. The highest BCUT2D eigenvalue weighted by atomic mass is 15.0. The summed E-state index contributed by atoms with van der Waals surface area (Å²) in [6, 6.07) is 1.90. The lowest BCUT2D eigenvalue weighted by atomic mass is 9.92. The molecule has 1 rings (SSSR count). The molecule has 0 fully saturated rings. The van der Waals surface area contributed by atoms with Gasteiger partial charge in [-0.15, -0.1) is 0 Å². The largest absolute Gasteiger partial charge is 0.370 e. The predicted octanol–water partition coefficient (Wildman–Crippen LogP) is 2.63. The van der Waals surface area contributed by atoms with Crippen molar-refractivity contribution in [2.45, 2.75) is 34.1 Å². The topological polar surface area (TPSA) is 37.8 Å². The zero-order valence-electron chi connectivity index (χ0n) is 9.46. The maximum Gasteiger partial charge on any atom is 0.129 e. The first kappa shape index (κ1) is 11.0. The molecule has 0 aliphatic heterocycles. The SMILES string of the molecule is Cc1nccc(NCCC(C)(C)C)n1. The van der Waals surface area contributed by atoms with Crippen molar-refractivity contribution in [3.05, 3.63) is 18.1 Å². The van der Waals surface area contributed by atoms with E-state index in [0.29, 0.717) is 5.41 Å². The number of hydrogen-bond donors (Lipinski definition) is 1. The van der Waals surface area contributed by atoms with Crippen LogP contribution in [0.2, 0.25) is 0 Å². The van der Waals surface area contributed by atoms with Crippen LogP contribution in [-0.2, 0) is 0 Å². The third-order valence-electron chi connectivity index (χ3n) is 1.96. The van der Waals surface area contributed by atoms with Gasteiger partial charge in [0.05, 0.1) is 0 Å². The van der Waals surface area contributed by atoms with Crippen molar-refractivity contribution in [3.8, 4) is 0 Å². The number of nitrogens with one attached hydrogen (secondary N) is 1. The van der Waals surface area contributed by atoms with E-state index in [9.17, 15) is 0 Å².